The molecule has 1 N–H and O–H groups in total. The minimum Gasteiger partial charge on any atom is -0.370 e. The summed E-state index contributed by atoms with van der Waals surface area (Å²) in [5.74, 6) is 0.912. The summed E-state index contributed by atoms with van der Waals surface area (Å²) in [6.45, 7) is 9.36. The second-order valence-electron chi connectivity index (χ2n) is 6.84. The number of halogens is 1. The first kappa shape index (κ1) is 21.7. The Bertz CT molecular complexity index is 802. The van der Waals surface area contributed by atoms with Gasteiger partial charge in [-0.25, -0.2) is 0 Å². The molecule has 1 fully saturated rings. The average molecular weight is 483 g/mol. The Morgan fingerprint density at radius 3 is 2.67 bits per heavy atom. The molecule has 3 rings (SSSR count). The highest BCUT2D eigenvalue weighted by molar-refractivity contribution is 14.0. The average Bonchev–Trinajstić information content (AvgIpc) is 2.88. The molecule has 2 aromatic rings. The lowest BCUT2D eigenvalue weighted by Gasteiger charge is -2.35. The number of guanidine groups is 1. The van der Waals surface area contributed by atoms with Gasteiger partial charge in [-0.05, 0) is 31.9 Å². The summed E-state index contributed by atoms with van der Waals surface area (Å²) in [7, 11) is 3.82. The molecule has 0 bridgehead atoms. The van der Waals surface area contributed by atoms with Crippen molar-refractivity contribution < 1.29 is 4.74 Å². The van der Waals surface area contributed by atoms with Gasteiger partial charge in [0.05, 0.1) is 18.8 Å². The number of rotatable bonds is 3. The van der Waals surface area contributed by atoms with Gasteiger partial charge in [0.1, 0.15) is 6.10 Å². The molecule has 1 aliphatic rings. The highest BCUT2D eigenvalue weighted by Crippen LogP contribution is 2.25. The van der Waals surface area contributed by atoms with Gasteiger partial charge in [-0.2, -0.15) is 5.10 Å². The summed E-state index contributed by atoms with van der Waals surface area (Å²) in [5.41, 5.74) is 6.01. The van der Waals surface area contributed by atoms with E-state index in [1.165, 1.54) is 22.4 Å². The molecule has 27 heavy (non-hydrogen) atoms. The Kier molecular flexibility index (Phi) is 7.67. The van der Waals surface area contributed by atoms with Crippen molar-refractivity contribution >= 4 is 29.9 Å². The first-order valence-corrected chi connectivity index (χ1v) is 9.13. The SMILES string of the molecule is CN=C(NCc1c(C)nn(C)c1C)N1CCOC(c2ccccc2C)C1.I. The van der Waals surface area contributed by atoms with Crippen LogP contribution in [0.5, 0.6) is 0 Å². The van der Waals surface area contributed by atoms with E-state index in [0.717, 1.165) is 31.3 Å². The molecule has 1 atom stereocenters. The molecule has 6 nitrogen and oxygen atoms in total. The number of nitrogens with one attached hydrogen (secondary N) is 1. The van der Waals surface area contributed by atoms with Crippen LogP contribution in [0.25, 0.3) is 0 Å². The fourth-order valence-electron chi connectivity index (χ4n) is 3.55. The van der Waals surface area contributed by atoms with Crippen LogP contribution in [0.3, 0.4) is 0 Å². The summed E-state index contributed by atoms with van der Waals surface area (Å²) >= 11 is 0. The first-order chi connectivity index (χ1) is 12.5. The number of ether oxygens (including phenoxy) is 1. The predicted octanol–water partition coefficient (Wildman–Crippen LogP) is 3.11. The van der Waals surface area contributed by atoms with Crippen LogP contribution in [0, 0.1) is 20.8 Å². The summed E-state index contributed by atoms with van der Waals surface area (Å²) < 4.78 is 7.96. The lowest BCUT2D eigenvalue weighted by atomic mass is 10.0. The number of aryl methyl sites for hydroxylation is 3. The van der Waals surface area contributed by atoms with Crippen molar-refractivity contribution in [2.24, 2.45) is 12.0 Å². The van der Waals surface area contributed by atoms with Crippen LogP contribution >= 0.6 is 24.0 Å². The minimum absolute atomic E-state index is 0. The second-order valence-corrected chi connectivity index (χ2v) is 6.84. The summed E-state index contributed by atoms with van der Waals surface area (Å²) in [6.07, 6.45) is 0.0744. The van der Waals surface area contributed by atoms with Crippen LogP contribution < -0.4 is 5.32 Å². The topological polar surface area (TPSA) is 54.7 Å². The largest absolute Gasteiger partial charge is 0.370 e. The Morgan fingerprint density at radius 2 is 2.04 bits per heavy atom. The molecule has 148 valence electrons. The number of hydrogen-bond acceptors (Lipinski definition) is 3. The van der Waals surface area contributed by atoms with E-state index < -0.39 is 0 Å². The van der Waals surface area contributed by atoms with Gasteiger partial charge in [0, 0.05) is 38.4 Å². The van der Waals surface area contributed by atoms with Crippen molar-refractivity contribution in [3.05, 3.63) is 52.3 Å². The summed E-state index contributed by atoms with van der Waals surface area (Å²) in [4.78, 5) is 6.77. The van der Waals surface area contributed by atoms with E-state index in [-0.39, 0.29) is 30.1 Å². The van der Waals surface area contributed by atoms with Crippen LogP contribution in [0.15, 0.2) is 29.3 Å². The minimum atomic E-state index is 0. The highest BCUT2D eigenvalue weighted by Gasteiger charge is 2.25. The van der Waals surface area contributed by atoms with Gasteiger partial charge in [0.25, 0.3) is 0 Å². The standard InChI is InChI=1S/C20H29N5O.HI/c1-14-8-6-7-9-17(14)19-13-25(10-11-26-19)20(21-4)22-12-18-15(2)23-24(5)16(18)3;/h6-9,19H,10-13H2,1-5H3,(H,21,22);1H. The summed E-state index contributed by atoms with van der Waals surface area (Å²) in [6, 6.07) is 8.44. The molecule has 7 heteroatoms. The smallest absolute Gasteiger partial charge is 0.194 e. The van der Waals surface area contributed by atoms with Crippen molar-refractivity contribution in [1.82, 2.24) is 20.0 Å². The number of aromatic nitrogens is 2. The fourth-order valence-corrected chi connectivity index (χ4v) is 3.55. The van der Waals surface area contributed by atoms with E-state index in [4.69, 9.17) is 4.74 Å². The second kappa shape index (κ2) is 9.54. The van der Waals surface area contributed by atoms with Gasteiger partial charge in [0.15, 0.2) is 5.96 Å². The monoisotopic (exact) mass is 483 g/mol. The van der Waals surface area contributed by atoms with Crippen LogP contribution in [-0.2, 0) is 18.3 Å². The molecular formula is C20H30IN5O. The third-order valence-electron chi connectivity index (χ3n) is 5.20. The van der Waals surface area contributed by atoms with E-state index in [0.29, 0.717) is 6.61 Å². The molecule has 0 aliphatic carbocycles. The van der Waals surface area contributed by atoms with E-state index in [1.807, 2.05) is 18.8 Å². The molecule has 2 heterocycles. The molecule has 0 saturated carbocycles. The molecule has 1 saturated heterocycles. The van der Waals surface area contributed by atoms with Crippen molar-refractivity contribution in [2.45, 2.75) is 33.4 Å². The maximum atomic E-state index is 6.04. The van der Waals surface area contributed by atoms with E-state index in [9.17, 15) is 0 Å². The van der Waals surface area contributed by atoms with Gasteiger partial charge < -0.3 is 15.0 Å². The predicted molar refractivity (Wildman–Crippen MR) is 120 cm³/mol. The van der Waals surface area contributed by atoms with Gasteiger partial charge in [-0.1, -0.05) is 24.3 Å². The zero-order valence-electron chi connectivity index (χ0n) is 16.8. The quantitative estimate of drug-likeness (QED) is 0.414. The van der Waals surface area contributed by atoms with Crippen molar-refractivity contribution in [1.29, 1.82) is 0 Å². The Hall–Kier alpha value is -1.61. The molecule has 0 spiro atoms. The van der Waals surface area contributed by atoms with Crippen molar-refractivity contribution in [2.75, 3.05) is 26.7 Å². The molecular weight excluding hydrogens is 453 g/mol. The van der Waals surface area contributed by atoms with Crippen LogP contribution in [-0.4, -0.2) is 47.4 Å². The molecule has 0 amide bonds. The zero-order chi connectivity index (χ0) is 18.7. The third-order valence-corrected chi connectivity index (χ3v) is 5.20. The number of aliphatic imine (C=N–C) groups is 1. The molecule has 1 unspecified atom stereocenters. The van der Waals surface area contributed by atoms with E-state index >= 15 is 0 Å². The number of morpholine rings is 1. The Labute approximate surface area is 179 Å². The fraction of sp³-hybridized carbons (Fsp3) is 0.500. The lowest BCUT2D eigenvalue weighted by molar-refractivity contribution is -0.00834. The van der Waals surface area contributed by atoms with Crippen LogP contribution in [0.1, 0.15) is 34.2 Å². The molecule has 1 aliphatic heterocycles. The molecule has 1 aromatic carbocycles. The Balaban J connectivity index is 0.00000261. The lowest BCUT2D eigenvalue weighted by Crippen LogP contribution is -2.48. The number of benzene rings is 1. The Morgan fingerprint density at radius 1 is 1.30 bits per heavy atom. The van der Waals surface area contributed by atoms with Crippen LogP contribution in [0.4, 0.5) is 0 Å². The van der Waals surface area contributed by atoms with E-state index in [1.54, 1.807) is 0 Å². The zero-order valence-corrected chi connectivity index (χ0v) is 19.2. The van der Waals surface area contributed by atoms with Crippen molar-refractivity contribution in [3.63, 3.8) is 0 Å². The van der Waals surface area contributed by atoms with E-state index in [2.05, 4.69) is 65.3 Å². The highest BCUT2D eigenvalue weighted by atomic mass is 127. The first-order valence-electron chi connectivity index (χ1n) is 9.13. The third kappa shape index (κ3) is 4.82. The maximum Gasteiger partial charge on any atom is 0.194 e. The number of nitrogens with zero attached hydrogens (tertiary/aromatic N) is 4. The molecule has 1 aromatic heterocycles. The number of hydrogen-bond donors (Lipinski definition) is 1. The summed E-state index contributed by atoms with van der Waals surface area (Å²) in [5, 5.41) is 8.00. The maximum absolute atomic E-state index is 6.04. The van der Waals surface area contributed by atoms with Crippen molar-refractivity contribution in [3.8, 4) is 0 Å². The van der Waals surface area contributed by atoms with Gasteiger partial charge in [0.2, 0.25) is 0 Å². The molecule has 0 radical (unpaired) electrons. The van der Waals surface area contributed by atoms with Crippen LogP contribution in [0.2, 0.25) is 0 Å². The van der Waals surface area contributed by atoms with Gasteiger partial charge >= 0.3 is 0 Å². The van der Waals surface area contributed by atoms with Gasteiger partial charge in [-0.3, -0.25) is 9.67 Å². The normalized spacial score (nSPS) is 17.6. The van der Waals surface area contributed by atoms with Gasteiger partial charge in [-0.15, -0.1) is 24.0 Å².